The summed E-state index contributed by atoms with van der Waals surface area (Å²) in [6.45, 7) is 10.0. The molecule has 1 N–H and O–H groups in total. The van der Waals surface area contributed by atoms with E-state index in [9.17, 15) is 9.90 Å². The molecule has 2 heterocycles. The van der Waals surface area contributed by atoms with E-state index in [0.29, 0.717) is 24.3 Å². The van der Waals surface area contributed by atoms with Crippen LogP contribution >= 0.6 is 0 Å². The van der Waals surface area contributed by atoms with Gasteiger partial charge >= 0.3 is 5.97 Å². The summed E-state index contributed by atoms with van der Waals surface area (Å²) in [5.41, 5.74) is 8.07. The number of carboxylic acids is 1. The predicted molar refractivity (Wildman–Crippen MR) is 137 cm³/mol. The number of aromatic nitrogens is 3. The molecule has 0 unspecified atom stereocenters. The van der Waals surface area contributed by atoms with Gasteiger partial charge in [-0.05, 0) is 75.2 Å². The maximum atomic E-state index is 11.9. The van der Waals surface area contributed by atoms with Crippen LogP contribution in [-0.2, 0) is 17.8 Å². The molecule has 6 nitrogen and oxygen atoms in total. The Morgan fingerprint density at radius 1 is 0.971 bits per heavy atom. The molecule has 5 rings (SSSR count). The Morgan fingerprint density at radius 2 is 1.68 bits per heavy atom. The highest BCUT2D eigenvalue weighted by Crippen LogP contribution is 2.35. The third kappa shape index (κ3) is 3.29. The number of carboxylic acid groups (broad SMARTS) is 1. The van der Waals surface area contributed by atoms with E-state index in [1.165, 1.54) is 27.4 Å². The molecule has 0 saturated heterocycles. The van der Waals surface area contributed by atoms with Crippen LogP contribution in [0.4, 0.5) is 0 Å². The molecule has 3 aromatic carbocycles. The molecule has 0 aliphatic rings. The SMILES string of the molecule is CCn1c2ccc(C)cc2c2cc(-c3nc4c(C)c(C(=O)O)c(C)cc4n3CCOC)ccc21. The number of rotatable bonds is 6. The minimum absolute atomic E-state index is 0.326. The number of carbonyl (C=O) groups is 1. The summed E-state index contributed by atoms with van der Waals surface area (Å²) >= 11 is 0. The standard InChI is InChI=1S/C28H29N3O3/c1-6-30-22-9-7-16(2)13-20(22)21-15-19(8-10-23(21)30)27-29-26-18(4)25(28(32)33)17(3)14-24(26)31(27)11-12-34-5/h7-10,13-15H,6,11-12H2,1-5H3,(H,32,33). The smallest absolute Gasteiger partial charge is 0.336 e. The second-order valence-electron chi connectivity index (χ2n) is 8.94. The summed E-state index contributed by atoms with van der Waals surface area (Å²) in [5.74, 6) is -0.0990. The molecule has 6 heteroatoms. The van der Waals surface area contributed by atoms with Crippen LogP contribution in [0.25, 0.3) is 44.2 Å². The van der Waals surface area contributed by atoms with Crippen molar-refractivity contribution in [2.45, 2.75) is 40.8 Å². The number of ether oxygens (including phenoxy) is 1. The first kappa shape index (κ1) is 22.2. The molecule has 34 heavy (non-hydrogen) atoms. The van der Waals surface area contributed by atoms with Gasteiger partial charge in [-0.1, -0.05) is 11.6 Å². The quantitative estimate of drug-likeness (QED) is 0.336. The van der Waals surface area contributed by atoms with E-state index in [-0.39, 0.29) is 0 Å². The second-order valence-corrected chi connectivity index (χ2v) is 8.94. The number of benzene rings is 3. The van der Waals surface area contributed by atoms with Crippen molar-refractivity contribution >= 4 is 38.8 Å². The number of aryl methyl sites for hydroxylation is 4. The van der Waals surface area contributed by atoms with Gasteiger partial charge in [0.05, 0.1) is 23.2 Å². The minimum Gasteiger partial charge on any atom is -0.478 e. The fourth-order valence-corrected chi connectivity index (χ4v) is 5.24. The summed E-state index contributed by atoms with van der Waals surface area (Å²) in [4.78, 5) is 16.9. The molecule has 0 amide bonds. The number of imidazole rings is 1. The Kier molecular flexibility index (Phi) is 5.41. The van der Waals surface area contributed by atoms with E-state index in [1.807, 2.05) is 19.9 Å². The van der Waals surface area contributed by atoms with Crippen molar-refractivity contribution in [2.24, 2.45) is 0 Å². The lowest BCUT2D eigenvalue weighted by Gasteiger charge is -2.11. The molecular weight excluding hydrogens is 426 g/mol. The summed E-state index contributed by atoms with van der Waals surface area (Å²) in [5, 5.41) is 12.2. The third-order valence-electron chi connectivity index (χ3n) is 6.81. The summed E-state index contributed by atoms with van der Waals surface area (Å²) < 4.78 is 9.88. The molecular formula is C28H29N3O3. The molecule has 0 spiro atoms. The van der Waals surface area contributed by atoms with Gasteiger partial charge in [0.25, 0.3) is 0 Å². The van der Waals surface area contributed by atoms with E-state index in [2.05, 4.69) is 59.4 Å². The van der Waals surface area contributed by atoms with Gasteiger partial charge in [-0.3, -0.25) is 0 Å². The molecule has 0 aliphatic heterocycles. The highest BCUT2D eigenvalue weighted by molar-refractivity contribution is 6.09. The van der Waals surface area contributed by atoms with Crippen LogP contribution < -0.4 is 0 Å². The van der Waals surface area contributed by atoms with Crippen molar-refractivity contribution in [3.63, 3.8) is 0 Å². The van der Waals surface area contributed by atoms with E-state index < -0.39 is 5.97 Å². The van der Waals surface area contributed by atoms with Gasteiger partial charge in [0.1, 0.15) is 5.82 Å². The zero-order chi connectivity index (χ0) is 24.1. The number of hydrogen-bond acceptors (Lipinski definition) is 3. The zero-order valence-electron chi connectivity index (χ0n) is 20.3. The van der Waals surface area contributed by atoms with Crippen molar-refractivity contribution in [3.05, 3.63) is 64.7 Å². The molecule has 0 radical (unpaired) electrons. The Hall–Kier alpha value is -3.64. The highest BCUT2D eigenvalue weighted by Gasteiger charge is 2.21. The van der Waals surface area contributed by atoms with Crippen LogP contribution in [0.1, 0.15) is 34.0 Å². The number of methoxy groups -OCH3 is 1. The van der Waals surface area contributed by atoms with E-state index in [4.69, 9.17) is 9.72 Å². The third-order valence-corrected chi connectivity index (χ3v) is 6.81. The van der Waals surface area contributed by atoms with Crippen molar-refractivity contribution in [1.82, 2.24) is 14.1 Å². The van der Waals surface area contributed by atoms with Gasteiger partial charge in [-0.2, -0.15) is 0 Å². The van der Waals surface area contributed by atoms with Crippen molar-refractivity contribution in [1.29, 1.82) is 0 Å². The van der Waals surface area contributed by atoms with Crippen LogP contribution in [-0.4, -0.2) is 38.9 Å². The van der Waals surface area contributed by atoms with Crippen molar-refractivity contribution in [2.75, 3.05) is 13.7 Å². The molecule has 2 aromatic heterocycles. The number of aromatic carboxylic acids is 1. The van der Waals surface area contributed by atoms with Gasteiger partial charge in [0.15, 0.2) is 0 Å². The van der Waals surface area contributed by atoms with Gasteiger partial charge in [-0.15, -0.1) is 0 Å². The normalized spacial score (nSPS) is 11.8. The molecule has 0 fully saturated rings. The Labute approximate surface area is 198 Å². The lowest BCUT2D eigenvalue weighted by molar-refractivity contribution is 0.0695. The molecule has 0 saturated carbocycles. The highest BCUT2D eigenvalue weighted by atomic mass is 16.5. The van der Waals surface area contributed by atoms with Gasteiger partial charge in [-0.25, -0.2) is 9.78 Å². The van der Waals surface area contributed by atoms with Crippen LogP contribution in [0.15, 0.2) is 42.5 Å². The number of nitrogens with zero attached hydrogens (tertiary/aromatic N) is 3. The van der Waals surface area contributed by atoms with Crippen LogP contribution in [0.2, 0.25) is 0 Å². The first-order valence-electron chi connectivity index (χ1n) is 11.6. The second kappa shape index (κ2) is 8.29. The summed E-state index contributed by atoms with van der Waals surface area (Å²) in [6.07, 6.45) is 0. The summed E-state index contributed by atoms with van der Waals surface area (Å²) in [7, 11) is 1.69. The topological polar surface area (TPSA) is 69.3 Å². The molecule has 0 bridgehead atoms. The molecule has 174 valence electrons. The van der Waals surface area contributed by atoms with E-state index in [0.717, 1.165) is 34.5 Å². The Balaban J connectivity index is 1.81. The minimum atomic E-state index is -0.922. The lowest BCUT2D eigenvalue weighted by atomic mass is 10.0. The maximum absolute atomic E-state index is 11.9. The number of hydrogen-bond donors (Lipinski definition) is 1. The lowest BCUT2D eigenvalue weighted by Crippen LogP contribution is -2.07. The average Bonchev–Trinajstić information content (AvgIpc) is 3.32. The first-order valence-corrected chi connectivity index (χ1v) is 11.6. The molecule has 0 aliphatic carbocycles. The van der Waals surface area contributed by atoms with Gasteiger partial charge in [0.2, 0.25) is 0 Å². The van der Waals surface area contributed by atoms with E-state index in [1.54, 1.807) is 7.11 Å². The Morgan fingerprint density at radius 3 is 2.35 bits per heavy atom. The Bertz CT molecular complexity index is 1590. The van der Waals surface area contributed by atoms with Crippen molar-refractivity contribution < 1.29 is 14.6 Å². The van der Waals surface area contributed by atoms with E-state index >= 15 is 0 Å². The zero-order valence-corrected chi connectivity index (χ0v) is 20.3. The molecule has 0 atom stereocenters. The average molecular weight is 456 g/mol. The van der Waals surface area contributed by atoms with Crippen molar-refractivity contribution in [3.8, 4) is 11.4 Å². The summed E-state index contributed by atoms with van der Waals surface area (Å²) in [6, 6.07) is 15.0. The first-order chi connectivity index (χ1) is 16.3. The van der Waals surface area contributed by atoms with Crippen LogP contribution in [0, 0.1) is 20.8 Å². The van der Waals surface area contributed by atoms with Crippen LogP contribution in [0.3, 0.4) is 0 Å². The van der Waals surface area contributed by atoms with Crippen LogP contribution in [0.5, 0.6) is 0 Å². The maximum Gasteiger partial charge on any atom is 0.336 e. The number of fused-ring (bicyclic) bond motifs is 4. The van der Waals surface area contributed by atoms with Gasteiger partial charge < -0.3 is 19.0 Å². The largest absolute Gasteiger partial charge is 0.478 e. The fraction of sp³-hybridized carbons (Fsp3) is 0.286. The molecule has 5 aromatic rings. The monoisotopic (exact) mass is 455 g/mol. The predicted octanol–water partition coefficient (Wildman–Crippen LogP) is 6.10. The fourth-order valence-electron chi connectivity index (χ4n) is 5.24. The van der Waals surface area contributed by atoms with Gasteiger partial charge in [0, 0.05) is 47.6 Å².